The fourth-order valence-corrected chi connectivity index (χ4v) is 0. The van der Waals surface area contributed by atoms with E-state index in [-0.39, 0.29) is 21.1 Å². The van der Waals surface area contributed by atoms with Crippen LogP contribution in [-0.2, 0) is 32.3 Å². The van der Waals surface area contributed by atoms with Crippen molar-refractivity contribution in [2.45, 2.75) is 0 Å². The Bertz CT molecular complexity index is 146. The van der Waals surface area contributed by atoms with E-state index >= 15 is 0 Å². The van der Waals surface area contributed by atoms with Crippen LogP contribution >= 0.6 is 0 Å². The Kier molecular flexibility index (Phi) is 93.6. The molecule has 0 bridgehead atoms. The molecule has 0 aliphatic carbocycles. The molecular formula is C4H18I2N6O6Pt2. The molecule has 0 spiro atoms. The zero-order chi connectivity index (χ0) is 16.7. The van der Waals surface area contributed by atoms with Gasteiger partial charge in [-0.25, -0.2) is 0 Å². The quantitative estimate of drug-likeness (QED) is 0.116. The van der Waals surface area contributed by atoms with Gasteiger partial charge in [-0.2, -0.15) is 0 Å². The summed E-state index contributed by atoms with van der Waals surface area (Å²) in [7, 11) is 0. The maximum absolute atomic E-state index is 8.25. The van der Waals surface area contributed by atoms with E-state index in [0.29, 0.717) is 37.4 Å². The van der Waals surface area contributed by atoms with Crippen LogP contribution in [0.5, 0.6) is 0 Å². The molecule has 8 N–H and O–H groups in total. The summed E-state index contributed by atoms with van der Waals surface area (Å²) in [6.07, 6.45) is 0. The van der Waals surface area contributed by atoms with Crippen LogP contribution in [0, 0.1) is 30.6 Å². The van der Waals surface area contributed by atoms with Crippen molar-refractivity contribution in [2.24, 2.45) is 22.9 Å². The van der Waals surface area contributed by atoms with Gasteiger partial charge in [-0.1, -0.05) is 0 Å². The average molecular weight is 890 g/mol. The summed E-state index contributed by atoms with van der Waals surface area (Å²) < 4.78 is 0. The minimum atomic E-state index is -1.75. The molecule has 0 unspecified atom stereocenters. The van der Waals surface area contributed by atoms with Crippen LogP contribution in [0.2, 0.25) is 0 Å². The van der Waals surface area contributed by atoms with Crippen molar-refractivity contribution in [3.05, 3.63) is 30.6 Å². The van der Waals surface area contributed by atoms with E-state index in [2.05, 4.69) is 38.7 Å². The SMILES string of the molecule is NCCN.NCCN.O=[N+]([O-])[O-].O=[N+]([O-])[O-].[IH+][Pt][IH+].[Pt]. The Labute approximate surface area is 159 Å². The molecule has 134 valence electrons. The summed E-state index contributed by atoms with van der Waals surface area (Å²) in [6, 6.07) is 0. The van der Waals surface area contributed by atoms with Gasteiger partial charge in [0.15, 0.2) is 0 Å². The normalized spacial score (nSPS) is 6.50. The molecule has 0 aromatic carbocycles. The molecule has 0 radical (unpaired) electrons. The molecule has 0 aliphatic rings. The van der Waals surface area contributed by atoms with Gasteiger partial charge in [0.05, 0.1) is 10.2 Å². The monoisotopic (exact) mass is 890 g/mol. The second-order valence-corrected chi connectivity index (χ2v) is 21.0. The first-order valence-corrected chi connectivity index (χ1v) is 17.9. The third kappa shape index (κ3) is 659. The zero-order valence-electron chi connectivity index (χ0n) is 9.93. The Morgan fingerprint density at radius 3 is 0.800 bits per heavy atom. The number of nitrogens with zero attached hydrogens (tertiary/aromatic N) is 2. The summed E-state index contributed by atoms with van der Waals surface area (Å²) >= 11 is 4.98. The fraction of sp³-hybridized carbons (Fsp3) is 1.00. The first kappa shape index (κ1) is 37.4. The minimum Gasteiger partial charge on any atom is 0 e. The molecule has 0 aliphatic heterocycles. The summed E-state index contributed by atoms with van der Waals surface area (Å²) in [5, 5.41) is 29.5. The molecule has 0 fully saturated rings. The van der Waals surface area contributed by atoms with Crippen LogP contribution in [0.3, 0.4) is 0 Å². The number of nitrogens with two attached hydrogens (primary N) is 4. The van der Waals surface area contributed by atoms with E-state index in [9.17, 15) is 0 Å². The predicted octanol–water partition coefficient (Wildman–Crippen LogP) is -9.20. The third-order valence-corrected chi connectivity index (χ3v) is 0.333. The summed E-state index contributed by atoms with van der Waals surface area (Å²) in [5.74, 6) is 0. The molecular weight excluding hydrogens is 872 g/mol. The van der Waals surface area contributed by atoms with Crippen LogP contribution in [0.15, 0.2) is 0 Å². The second-order valence-electron chi connectivity index (χ2n) is 1.65. The predicted molar refractivity (Wildman–Crippen MR) is 59.7 cm³/mol. The third-order valence-electron chi connectivity index (χ3n) is 0.333. The first-order valence-electron chi connectivity index (χ1n) is 3.99. The molecule has 0 saturated carbocycles. The number of hydrogen-bond acceptors (Lipinski definition) is 10. The largest absolute Gasteiger partial charge is 0 e. The van der Waals surface area contributed by atoms with Gasteiger partial charge in [-0.05, 0) is 0 Å². The smallest absolute Gasteiger partial charge is 0 e. The molecule has 0 rings (SSSR count). The Hall–Kier alpha value is 1.08. The zero-order valence-corrected chi connectivity index (χ0v) is 19.1. The molecule has 0 aromatic heterocycles. The molecule has 0 amide bonds. The second kappa shape index (κ2) is 50.1. The molecule has 0 aromatic rings. The van der Waals surface area contributed by atoms with Crippen molar-refractivity contribution < 1.29 is 81.1 Å². The Morgan fingerprint density at radius 1 is 0.750 bits per heavy atom. The van der Waals surface area contributed by atoms with E-state index in [1.165, 1.54) is 0 Å². The van der Waals surface area contributed by atoms with Crippen LogP contribution in [-0.4, -0.2) is 36.4 Å². The Balaban J connectivity index is -0.0000000304. The summed E-state index contributed by atoms with van der Waals surface area (Å²) in [5.41, 5.74) is 19.6. The molecule has 16 heteroatoms. The van der Waals surface area contributed by atoms with Crippen LogP contribution in [0.1, 0.15) is 0 Å². The summed E-state index contributed by atoms with van der Waals surface area (Å²) in [4.78, 5) is 16.5. The van der Waals surface area contributed by atoms with Crippen molar-refractivity contribution >= 4 is 0 Å². The number of hydrogen-bond donors (Lipinski definition) is 4. The minimum absolute atomic E-state index is 0. The molecule has 0 saturated heterocycles. The van der Waals surface area contributed by atoms with E-state index in [0.717, 1.165) is 0 Å². The maximum atomic E-state index is 8.25. The molecule has 20 heavy (non-hydrogen) atoms. The topological polar surface area (TPSA) is 236 Å². The first-order chi connectivity index (χ1) is 8.71. The molecule has 12 nitrogen and oxygen atoms in total. The maximum Gasteiger partial charge on any atom is 0 e. The number of halogens is 2. The van der Waals surface area contributed by atoms with Crippen LogP contribution in [0.25, 0.3) is 0 Å². The van der Waals surface area contributed by atoms with Gasteiger partial charge in [-0.3, -0.25) is 0 Å². The van der Waals surface area contributed by atoms with Gasteiger partial charge in [0.25, 0.3) is 0 Å². The van der Waals surface area contributed by atoms with Gasteiger partial charge < -0.3 is 53.6 Å². The van der Waals surface area contributed by atoms with E-state index < -0.39 is 10.2 Å². The summed E-state index contributed by atoms with van der Waals surface area (Å²) in [6.45, 7) is 2.39. The van der Waals surface area contributed by atoms with Crippen molar-refractivity contribution in [2.75, 3.05) is 26.2 Å². The van der Waals surface area contributed by atoms with Gasteiger partial charge in [-0.15, -0.1) is 0 Å². The van der Waals surface area contributed by atoms with E-state index in [4.69, 9.17) is 53.6 Å². The van der Waals surface area contributed by atoms with Gasteiger partial charge in [0, 0.05) is 47.2 Å². The van der Waals surface area contributed by atoms with Crippen molar-refractivity contribution in [3.8, 4) is 0 Å². The van der Waals surface area contributed by atoms with Gasteiger partial charge in [0.2, 0.25) is 0 Å². The van der Waals surface area contributed by atoms with Crippen molar-refractivity contribution in [1.29, 1.82) is 0 Å². The fourth-order valence-electron chi connectivity index (χ4n) is 0. The van der Waals surface area contributed by atoms with Crippen LogP contribution in [0.4, 0.5) is 0 Å². The molecule has 0 heterocycles. The van der Waals surface area contributed by atoms with Crippen LogP contribution < -0.4 is 61.6 Å². The van der Waals surface area contributed by atoms with Crippen molar-refractivity contribution in [1.82, 2.24) is 0 Å². The van der Waals surface area contributed by atoms with Gasteiger partial charge in [0.1, 0.15) is 0 Å². The number of rotatable bonds is 2. The molecule has 0 atom stereocenters. The Morgan fingerprint density at radius 2 is 0.800 bits per heavy atom. The van der Waals surface area contributed by atoms with Crippen molar-refractivity contribution in [3.63, 3.8) is 0 Å². The standard InChI is InChI=1S/2C2H8N2.2HI.2NO3.2Pt/c2*3-1-2-4;;;2*2-1(3)4;;/h2*1-4H2;2*1H;;;;/q;;;;2*-1;;+2. The average Bonchev–Trinajstić information content (AvgIpc) is 2.28. The van der Waals surface area contributed by atoms with E-state index in [1.54, 1.807) is 0 Å². The van der Waals surface area contributed by atoms with Gasteiger partial charge >= 0.3 is 49.9 Å². The van der Waals surface area contributed by atoms with E-state index in [1.807, 2.05) is 0 Å².